The zero-order valence-corrected chi connectivity index (χ0v) is 21.7. The monoisotopic (exact) mass is 534 g/mol. The van der Waals surface area contributed by atoms with E-state index in [2.05, 4.69) is 37.2 Å². The molecule has 2 fully saturated rings. The van der Waals surface area contributed by atoms with Gasteiger partial charge in [0.05, 0.1) is 11.7 Å². The number of anilines is 1. The Morgan fingerprint density at radius 3 is 2.28 bits per heavy atom. The van der Waals surface area contributed by atoms with Crippen LogP contribution in [-0.2, 0) is 17.3 Å². The fraction of sp³-hybridized carbons (Fsp3) is 0.636. The van der Waals surface area contributed by atoms with Crippen molar-refractivity contribution in [3.63, 3.8) is 0 Å². The predicted octanol–water partition coefficient (Wildman–Crippen LogP) is 4.40. The number of ether oxygens (including phenoxy) is 2. The lowest BCUT2D eigenvalue weighted by molar-refractivity contribution is -0.0993. The van der Waals surface area contributed by atoms with Gasteiger partial charge >= 0.3 is 11.7 Å². The van der Waals surface area contributed by atoms with Crippen LogP contribution < -0.4 is 15.4 Å². The number of nitrogens with one attached hydrogen (secondary N) is 2. The van der Waals surface area contributed by atoms with E-state index < -0.39 is 23.4 Å². The maximum absolute atomic E-state index is 12.6. The van der Waals surface area contributed by atoms with Crippen molar-refractivity contribution < 1.29 is 33.0 Å². The van der Waals surface area contributed by atoms with E-state index >= 15 is 0 Å². The lowest BCUT2D eigenvalue weighted by Crippen LogP contribution is -2.32. The van der Waals surface area contributed by atoms with Gasteiger partial charge in [0.15, 0.2) is 0 Å². The number of rotatable bonds is 5. The summed E-state index contributed by atoms with van der Waals surface area (Å²) in [5.74, 6) is -0.533. The molecule has 11 nitrogen and oxygen atoms in total. The molecule has 0 spiro atoms. The summed E-state index contributed by atoms with van der Waals surface area (Å²) < 4.78 is 37.1. The Morgan fingerprint density at radius 2 is 1.86 bits per heavy atom. The van der Waals surface area contributed by atoms with E-state index in [0.29, 0.717) is 5.82 Å². The van der Waals surface area contributed by atoms with Crippen LogP contribution in [0.5, 0.6) is 5.88 Å². The number of alkyl halides is 3. The van der Waals surface area contributed by atoms with Crippen molar-refractivity contribution in [3.05, 3.63) is 24.0 Å². The van der Waals surface area contributed by atoms with E-state index in [1.165, 1.54) is 19.9 Å². The normalized spacial score (nSPS) is 16.1. The van der Waals surface area contributed by atoms with E-state index in [0.717, 1.165) is 36.8 Å². The molecule has 0 bridgehead atoms. The second-order valence-corrected chi connectivity index (χ2v) is 10.0. The number of halogens is 3. The minimum absolute atomic E-state index is 0.0302. The number of aryl methyl sites for hydroxylation is 1. The third-order valence-corrected chi connectivity index (χ3v) is 5.14. The molecule has 36 heavy (non-hydrogen) atoms. The molecule has 4 rings (SSSR count). The van der Waals surface area contributed by atoms with E-state index in [-0.39, 0.29) is 16.8 Å². The molecule has 1 aliphatic carbocycles. The highest BCUT2D eigenvalue weighted by Gasteiger charge is 2.38. The number of carbonyl (C=O) groups excluding carboxylic acids is 1. The van der Waals surface area contributed by atoms with Crippen LogP contribution in [0.2, 0.25) is 0 Å². The van der Waals surface area contributed by atoms with Crippen LogP contribution in [0.15, 0.2) is 18.3 Å². The molecule has 0 unspecified atom stereocenters. The Balaban J connectivity index is 0.000000283. The van der Waals surface area contributed by atoms with Crippen molar-refractivity contribution in [1.29, 1.82) is 0 Å². The van der Waals surface area contributed by atoms with Crippen LogP contribution in [0.4, 0.5) is 19.4 Å². The van der Waals surface area contributed by atoms with E-state index in [1.807, 2.05) is 27.7 Å². The molecule has 0 aromatic carbocycles. The van der Waals surface area contributed by atoms with Crippen LogP contribution in [-0.4, -0.2) is 61.0 Å². The van der Waals surface area contributed by atoms with Crippen LogP contribution in [0.1, 0.15) is 63.9 Å². The van der Waals surface area contributed by atoms with Gasteiger partial charge < -0.3 is 25.2 Å². The third kappa shape index (κ3) is 9.97. The van der Waals surface area contributed by atoms with Crippen LogP contribution in [0.25, 0.3) is 0 Å². The molecule has 2 aromatic heterocycles. The van der Waals surface area contributed by atoms with Gasteiger partial charge in [-0.3, -0.25) is 9.48 Å². The fourth-order valence-electron chi connectivity index (χ4n) is 3.02. The Morgan fingerprint density at radius 1 is 1.25 bits per heavy atom. The summed E-state index contributed by atoms with van der Waals surface area (Å²) >= 11 is 4.68. The Hall–Kier alpha value is -2.93. The number of carboxylic acid groups (broad SMARTS) is 1. The van der Waals surface area contributed by atoms with Crippen molar-refractivity contribution in [2.45, 2.75) is 70.0 Å². The van der Waals surface area contributed by atoms with E-state index in [9.17, 15) is 18.4 Å². The third-order valence-electron chi connectivity index (χ3n) is 5.07. The predicted molar refractivity (Wildman–Crippen MR) is 129 cm³/mol. The van der Waals surface area contributed by atoms with Crippen molar-refractivity contribution in [2.75, 3.05) is 18.5 Å². The molecule has 2 aromatic rings. The minimum Gasteiger partial charge on any atom is -0.465 e. The van der Waals surface area contributed by atoms with Gasteiger partial charge in [0.2, 0.25) is 5.88 Å². The lowest BCUT2D eigenvalue weighted by atomic mass is 10.1. The Bertz CT molecular complexity index is 1020. The molecular weight excluding hydrogens is 502 g/mol. The summed E-state index contributed by atoms with van der Waals surface area (Å²) in [6.07, 6.45) is 5.16. The lowest BCUT2D eigenvalue weighted by Gasteiger charge is -2.22. The van der Waals surface area contributed by atoms with Gasteiger partial charge in [-0.05, 0) is 53.4 Å². The molecule has 3 heterocycles. The van der Waals surface area contributed by atoms with E-state index in [4.69, 9.17) is 9.84 Å². The number of hydrogen-bond donors (Lipinski definition) is 3. The first kappa shape index (κ1) is 29.3. The highest BCUT2D eigenvalue weighted by Crippen LogP contribution is 2.33. The quantitative estimate of drug-likeness (QED) is 0.484. The van der Waals surface area contributed by atoms with Gasteiger partial charge in [-0.15, -0.1) is 13.9 Å². The summed E-state index contributed by atoms with van der Waals surface area (Å²) in [5.41, 5.74) is -4.28. The minimum atomic E-state index is -3.90. The average Bonchev–Trinajstić information content (AvgIpc) is 3.22. The molecule has 1 saturated carbocycles. The van der Waals surface area contributed by atoms with Gasteiger partial charge in [0.1, 0.15) is 11.5 Å². The second-order valence-electron chi connectivity index (χ2n) is 9.60. The molecule has 2 amide bonds. The van der Waals surface area contributed by atoms with E-state index in [1.54, 1.807) is 16.9 Å². The summed E-state index contributed by atoms with van der Waals surface area (Å²) in [5, 5.41) is 21.1. The zero-order valence-electron chi connectivity index (χ0n) is 21.0. The first-order valence-corrected chi connectivity index (χ1v) is 11.7. The molecule has 3 N–H and O–H groups in total. The van der Waals surface area contributed by atoms with Crippen molar-refractivity contribution in [3.8, 4) is 5.88 Å². The van der Waals surface area contributed by atoms with Crippen LogP contribution in [0, 0.1) is 0 Å². The first-order valence-electron chi connectivity index (χ1n) is 11.3. The van der Waals surface area contributed by atoms with Crippen LogP contribution in [0.3, 0.4) is 0 Å². The topological polar surface area (TPSA) is 133 Å². The number of aromatic nitrogens is 4. The summed E-state index contributed by atoms with van der Waals surface area (Å²) in [6, 6.07) is 2.70. The smallest absolute Gasteiger partial charge is 0.465 e. The second kappa shape index (κ2) is 11.9. The summed E-state index contributed by atoms with van der Waals surface area (Å²) in [4.78, 5) is 22.2. The van der Waals surface area contributed by atoms with Gasteiger partial charge in [0.25, 0.3) is 5.91 Å². The van der Waals surface area contributed by atoms with Gasteiger partial charge in [-0.1, -0.05) is 0 Å². The molecule has 0 atom stereocenters. The zero-order chi connectivity index (χ0) is 27.1. The fourth-order valence-corrected chi connectivity index (χ4v) is 3.09. The van der Waals surface area contributed by atoms with Gasteiger partial charge in [0, 0.05) is 49.5 Å². The number of amides is 2. The summed E-state index contributed by atoms with van der Waals surface area (Å²) in [6.45, 7) is 9.68. The Kier molecular flexibility index (Phi) is 9.66. The molecule has 202 valence electrons. The first-order chi connectivity index (χ1) is 16.6. The maximum Gasteiger partial charge on any atom is 0.488 e. The van der Waals surface area contributed by atoms with Crippen molar-refractivity contribution in [1.82, 2.24) is 24.9 Å². The van der Waals surface area contributed by atoms with Gasteiger partial charge in [-0.25, -0.2) is 9.48 Å². The highest BCUT2D eigenvalue weighted by molar-refractivity contribution is 6.20. The van der Waals surface area contributed by atoms with Crippen molar-refractivity contribution >= 4 is 29.4 Å². The number of carbonyl (C=O) groups is 2. The average molecular weight is 535 g/mol. The number of nitrogens with zero attached hydrogens (tertiary/aromatic N) is 4. The summed E-state index contributed by atoms with van der Waals surface area (Å²) in [7, 11) is 1.43. The van der Waals surface area contributed by atoms with Crippen LogP contribution >= 0.6 is 11.6 Å². The molecule has 14 heteroatoms. The highest BCUT2D eigenvalue weighted by atomic mass is 35.5. The van der Waals surface area contributed by atoms with Gasteiger partial charge in [-0.2, -0.15) is 5.10 Å². The molecular formula is C22H33ClF2N6O5. The standard InChI is InChI=1S/C13H16ClF2N5O2.C5H9NO2.C4H8O/c1-12(2,3)21-9(5-6-17-21)18-11(22)8-7-10(19-20(8)4)23-13(14,15)16;1-5(2-3-5)6-4(7)8;1-2-4-5-3-1/h5-7H,1-4H3,(H,18,22);6H,2-3H2,1H3,(H,7,8);1-4H2. The molecule has 0 radical (unpaired) electrons. The molecule has 1 aliphatic heterocycles. The maximum atomic E-state index is 12.6. The number of hydrogen-bond acceptors (Lipinski definition) is 6. The SMILES string of the molecule is C1CCOC1.CC1(NC(=O)O)CC1.Cn1nc(OC(F)(F)Cl)cc1C(=O)Nc1ccnn1C(C)(C)C. The molecule has 1 saturated heterocycles. The largest absolute Gasteiger partial charge is 0.488 e. The molecule has 2 aliphatic rings. The Labute approximate surface area is 213 Å². The van der Waals surface area contributed by atoms with Crippen molar-refractivity contribution in [2.24, 2.45) is 7.05 Å².